The predicted molar refractivity (Wildman–Crippen MR) is 119 cm³/mol. The number of hydrogen-bond acceptors (Lipinski definition) is 7. The highest BCUT2D eigenvalue weighted by molar-refractivity contribution is 9.10. The van der Waals surface area contributed by atoms with E-state index in [0.717, 1.165) is 21.3 Å². The standard InChI is InChI=1S/C19H23BrN6O2S/c1-3-28-10-8-21-16-15-12-23-26(17(15)25-19(24-16)29-2)9-7-22-18(27)13-5-4-6-14(20)11-13/h4-6,11-12H,3,7-10H2,1-2H3,(H,22,27)(H,21,24,25). The van der Waals surface area contributed by atoms with Crippen molar-refractivity contribution in [3.05, 3.63) is 40.5 Å². The number of benzene rings is 1. The topological polar surface area (TPSA) is 94.0 Å². The molecule has 2 aromatic heterocycles. The first-order chi connectivity index (χ1) is 14.1. The van der Waals surface area contributed by atoms with Crippen molar-refractivity contribution in [2.75, 3.05) is 37.9 Å². The Balaban J connectivity index is 1.68. The Morgan fingerprint density at radius 3 is 2.93 bits per heavy atom. The number of carbonyl (C=O) groups excluding carboxylic acids is 1. The highest BCUT2D eigenvalue weighted by atomic mass is 79.9. The summed E-state index contributed by atoms with van der Waals surface area (Å²) in [7, 11) is 0. The fourth-order valence-electron chi connectivity index (χ4n) is 2.72. The number of hydrogen-bond donors (Lipinski definition) is 2. The fourth-order valence-corrected chi connectivity index (χ4v) is 3.48. The number of ether oxygens (including phenoxy) is 1. The van der Waals surface area contributed by atoms with Crippen LogP contribution in [-0.4, -0.2) is 58.2 Å². The Hall–Kier alpha value is -2.17. The third-order valence-corrected chi connectivity index (χ3v) is 5.14. The average molecular weight is 479 g/mol. The molecule has 0 radical (unpaired) electrons. The van der Waals surface area contributed by atoms with Crippen molar-refractivity contribution in [3.8, 4) is 0 Å². The van der Waals surface area contributed by atoms with Crippen LogP contribution >= 0.6 is 27.7 Å². The lowest BCUT2D eigenvalue weighted by atomic mass is 10.2. The molecule has 0 aliphatic carbocycles. The van der Waals surface area contributed by atoms with Crippen molar-refractivity contribution < 1.29 is 9.53 Å². The van der Waals surface area contributed by atoms with Gasteiger partial charge in [0.2, 0.25) is 0 Å². The number of carbonyl (C=O) groups is 1. The molecule has 0 saturated carbocycles. The molecular formula is C19H23BrN6O2S. The first kappa shape index (κ1) is 21.5. The van der Waals surface area contributed by atoms with Crippen LogP contribution in [0.15, 0.2) is 40.1 Å². The Kier molecular flexibility index (Phi) is 7.84. The maximum atomic E-state index is 12.3. The van der Waals surface area contributed by atoms with E-state index >= 15 is 0 Å². The zero-order chi connectivity index (χ0) is 20.6. The van der Waals surface area contributed by atoms with Crippen LogP contribution in [0.25, 0.3) is 11.0 Å². The van der Waals surface area contributed by atoms with Crippen molar-refractivity contribution in [3.63, 3.8) is 0 Å². The summed E-state index contributed by atoms with van der Waals surface area (Å²) in [4.78, 5) is 21.4. The molecule has 2 N–H and O–H groups in total. The van der Waals surface area contributed by atoms with E-state index < -0.39 is 0 Å². The third kappa shape index (κ3) is 5.68. The maximum Gasteiger partial charge on any atom is 0.251 e. The number of aromatic nitrogens is 4. The van der Waals surface area contributed by atoms with E-state index in [1.807, 2.05) is 25.3 Å². The number of rotatable bonds is 10. The smallest absolute Gasteiger partial charge is 0.251 e. The Labute approximate surface area is 182 Å². The van der Waals surface area contributed by atoms with Crippen LogP contribution in [0, 0.1) is 0 Å². The molecule has 1 amide bonds. The van der Waals surface area contributed by atoms with Gasteiger partial charge in [0.1, 0.15) is 5.82 Å². The van der Waals surface area contributed by atoms with Crippen molar-refractivity contribution in [2.45, 2.75) is 18.6 Å². The van der Waals surface area contributed by atoms with E-state index in [0.29, 0.717) is 43.6 Å². The van der Waals surface area contributed by atoms with Gasteiger partial charge in [-0.15, -0.1) is 0 Å². The van der Waals surface area contributed by atoms with Gasteiger partial charge in [0, 0.05) is 29.7 Å². The molecule has 154 valence electrons. The average Bonchev–Trinajstić information content (AvgIpc) is 3.14. The molecule has 3 rings (SSSR count). The number of anilines is 1. The van der Waals surface area contributed by atoms with Gasteiger partial charge >= 0.3 is 0 Å². The minimum Gasteiger partial charge on any atom is -0.380 e. The fraction of sp³-hybridized carbons (Fsp3) is 0.368. The molecule has 0 saturated heterocycles. The summed E-state index contributed by atoms with van der Waals surface area (Å²) < 4.78 is 8.03. The van der Waals surface area contributed by atoms with Gasteiger partial charge in [0.15, 0.2) is 10.8 Å². The molecule has 8 nitrogen and oxygen atoms in total. The number of amides is 1. The van der Waals surface area contributed by atoms with Crippen molar-refractivity contribution in [2.24, 2.45) is 0 Å². The molecule has 0 unspecified atom stereocenters. The molecule has 29 heavy (non-hydrogen) atoms. The molecule has 1 aromatic carbocycles. The Morgan fingerprint density at radius 1 is 1.31 bits per heavy atom. The number of halogens is 1. The quantitative estimate of drug-likeness (QED) is 0.262. The Bertz CT molecular complexity index is 980. The van der Waals surface area contributed by atoms with Crippen molar-refractivity contribution >= 4 is 50.5 Å². The second-order valence-electron chi connectivity index (χ2n) is 6.05. The highest BCUT2D eigenvalue weighted by Crippen LogP contribution is 2.23. The summed E-state index contributed by atoms with van der Waals surface area (Å²) in [5.74, 6) is 0.615. The molecule has 0 fully saturated rings. The van der Waals surface area contributed by atoms with Crippen molar-refractivity contribution in [1.82, 2.24) is 25.1 Å². The summed E-state index contributed by atoms with van der Waals surface area (Å²) in [6.07, 6.45) is 3.68. The van der Waals surface area contributed by atoms with Gasteiger partial charge in [-0.05, 0) is 31.4 Å². The second kappa shape index (κ2) is 10.6. The van der Waals surface area contributed by atoms with Gasteiger partial charge in [0.25, 0.3) is 5.91 Å². The van der Waals surface area contributed by atoms with Gasteiger partial charge in [0.05, 0.1) is 24.7 Å². The van der Waals surface area contributed by atoms with E-state index in [4.69, 9.17) is 4.74 Å². The van der Waals surface area contributed by atoms with E-state index in [1.54, 1.807) is 23.0 Å². The highest BCUT2D eigenvalue weighted by Gasteiger charge is 2.13. The lowest BCUT2D eigenvalue weighted by Gasteiger charge is -2.09. The van der Waals surface area contributed by atoms with Crippen LogP contribution in [0.5, 0.6) is 0 Å². The summed E-state index contributed by atoms with van der Waals surface area (Å²) in [6, 6.07) is 7.29. The summed E-state index contributed by atoms with van der Waals surface area (Å²) >= 11 is 4.85. The van der Waals surface area contributed by atoms with Crippen LogP contribution in [0.4, 0.5) is 5.82 Å². The van der Waals surface area contributed by atoms with E-state index in [-0.39, 0.29) is 5.91 Å². The molecule has 10 heteroatoms. The van der Waals surface area contributed by atoms with Gasteiger partial charge < -0.3 is 15.4 Å². The van der Waals surface area contributed by atoms with Gasteiger partial charge in [-0.25, -0.2) is 14.6 Å². The first-order valence-electron chi connectivity index (χ1n) is 9.25. The molecular weight excluding hydrogens is 456 g/mol. The van der Waals surface area contributed by atoms with E-state index in [1.165, 1.54) is 11.8 Å². The lowest BCUT2D eigenvalue weighted by Crippen LogP contribution is -2.27. The van der Waals surface area contributed by atoms with Crippen molar-refractivity contribution in [1.29, 1.82) is 0 Å². The zero-order valence-electron chi connectivity index (χ0n) is 16.3. The molecule has 2 heterocycles. The van der Waals surface area contributed by atoms with E-state index in [9.17, 15) is 4.79 Å². The van der Waals surface area contributed by atoms with E-state index in [2.05, 4.69) is 41.6 Å². The molecule has 0 atom stereocenters. The minimum atomic E-state index is -0.125. The molecule has 0 aliphatic heterocycles. The molecule has 0 bridgehead atoms. The number of nitrogens with zero attached hydrogens (tertiary/aromatic N) is 4. The Morgan fingerprint density at radius 2 is 2.17 bits per heavy atom. The first-order valence-corrected chi connectivity index (χ1v) is 11.3. The monoisotopic (exact) mass is 478 g/mol. The van der Waals surface area contributed by atoms with Gasteiger partial charge in [-0.3, -0.25) is 4.79 Å². The second-order valence-corrected chi connectivity index (χ2v) is 7.74. The largest absolute Gasteiger partial charge is 0.380 e. The maximum absolute atomic E-state index is 12.3. The lowest BCUT2D eigenvalue weighted by molar-refractivity contribution is 0.0952. The third-order valence-electron chi connectivity index (χ3n) is 4.10. The van der Waals surface area contributed by atoms with Crippen LogP contribution < -0.4 is 10.6 Å². The van der Waals surface area contributed by atoms with Crippen LogP contribution in [0.2, 0.25) is 0 Å². The molecule has 0 spiro atoms. The number of fused-ring (bicyclic) bond motifs is 1. The van der Waals surface area contributed by atoms with Gasteiger partial charge in [-0.1, -0.05) is 33.8 Å². The minimum absolute atomic E-state index is 0.125. The summed E-state index contributed by atoms with van der Waals surface area (Å²) in [5, 5.41) is 12.2. The number of nitrogens with one attached hydrogen (secondary N) is 2. The predicted octanol–water partition coefficient (Wildman–Crippen LogP) is 3.19. The zero-order valence-corrected chi connectivity index (χ0v) is 18.7. The molecule has 3 aromatic rings. The van der Waals surface area contributed by atoms with Crippen LogP contribution in [0.3, 0.4) is 0 Å². The summed E-state index contributed by atoms with van der Waals surface area (Å²) in [6.45, 7) is 4.85. The SMILES string of the molecule is CCOCCNc1nc(SC)nc2c1cnn2CCNC(=O)c1cccc(Br)c1. The normalized spacial score (nSPS) is 11.0. The van der Waals surface area contributed by atoms with Crippen LogP contribution in [0.1, 0.15) is 17.3 Å². The molecule has 0 aliphatic rings. The van der Waals surface area contributed by atoms with Gasteiger partial charge in [-0.2, -0.15) is 5.10 Å². The number of thioether (sulfide) groups is 1. The summed E-state index contributed by atoms with van der Waals surface area (Å²) in [5.41, 5.74) is 1.34. The van der Waals surface area contributed by atoms with Crippen LogP contribution in [-0.2, 0) is 11.3 Å².